The van der Waals surface area contributed by atoms with E-state index in [2.05, 4.69) is 0 Å². The van der Waals surface area contributed by atoms with Crippen molar-refractivity contribution in [3.63, 3.8) is 0 Å². The predicted molar refractivity (Wildman–Crippen MR) is 82.5 cm³/mol. The van der Waals surface area contributed by atoms with Gasteiger partial charge in [-0.3, -0.25) is 4.79 Å². The normalized spacial score (nSPS) is 29.1. The van der Waals surface area contributed by atoms with Crippen LogP contribution in [0.1, 0.15) is 23.2 Å². The molecule has 1 aromatic rings. The largest absolute Gasteiger partial charge is 0.380 e. The summed E-state index contributed by atoms with van der Waals surface area (Å²) in [6.07, 6.45) is 2.49. The molecule has 0 N–H and O–H groups in total. The molecule has 2 saturated heterocycles. The van der Waals surface area contributed by atoms with Gasteiger partial charge in [-0.25, -0.2) is 8.78 Å². The Hall–Kier alpha value is -1.53. The number of nitrogens with zero attached hydrogens (tertiary/aromatic N) is 1. The summed E-state index contributed by atoms with van der Waals surface area (Å²) in [5, 5.41) is 0. The molecule has 1 amide bonds. The molecule has 1 aliphatic carbocycles. The van der Waals surface area contributed by atoms with E-state index in [0.29, 0.717) is 38.8 Å². The van der Waals surface area contributed by atoms with Crippen LogP contribution in [0.25, 0.3) is 0 Å². The topological polar surface area (TPSA) is 38.8 Å². The standard InChI is InChI=1S/C18H21F2NO3/c19-15-4-3-13(5-16(15)20)17(22)21-6-14-8-24-11-18(14,9-21)10-23-7-12-1-2-12/h3-5,12,14H,1-2,6-11H2/t14-,18-/m1/s1. The number of ether oxygens (including phenoxy) is 2. The molecule has 0 radical (unpaired) electrons. The number of carbonyl (C=O) groups is 1. The lowest BCUT2D eigenvalue weighted by Gasteiger charge is -2.27. The number of benzene rings is 1. The number of fused-ring (bicyclic) bond motifs is 1. The average molecular weight is 337 g/mol. The lowest BCUT2D eigenvalue weighted by atomic mass is 9.82. The number of hydrogen-bond donors (Lipinski definition) is 0. The highest BCUT2D eigenvalue weighted by Crippen LogP contribution is 2.42. The van der Waals surface area contributed by atoms with E-state index < -0.39 is 11.6 Å². The van der Waals surface area contributed by atoms with Crippen LogP contribution in [0.5, 0.6) is 0 Å². The van der Waals surface area contributed by atoms with E-state index in [-0.39, 0.29) is 22.8 Å². The monoisotopic (exact) mass is 337 g/mol. The summed E-state index contributed by atoms with van der Waals surface area (Å²) in [5.74, 6) is -1.26. The van der Waals surface area contributed by atoms with Crippen LogP contribution in [0.3, 0.4) is 0 Å². The van der Waals surface area contributed by atoms with Gasteiger partial charge < -0.3 is 14.4 Å². The number of amides is 1. The minimum atomic E-state index is -0.994. The van der Waals surface area contributed by atoms with Crippen molar-refractivity contribution in [2.45, 2.75) is 12.8 Å². The molecule has 4 rings (SSSR count). The maximum atomic E-state index is 13.4. The molecule has 130 valence electrons. The third-order valence-corrected chi connectivity index (χ3v) is 5.41. The van der Waals surface area contributed by atoms with Gasteiger partial charge in [0.25, 0.3) is 5.91 Å². The van der Waals surface area contributed by atoms with Gasteiger partial charge in [0.1, 0.15) is 0 Å². The van der Waals surface area contributed by atoms with Gasteiger partial charge in [-0.05, 0) is 37.0 Å². The Kier molecular flexibility index (Phi) is 4.04. The van der Waals surface area contributed by atoms with Crippen LogP contribution < -0.4 is 0 Å². The molecule has 0 aromatic heterocycles. The van der Waals surface area contributed by atoms with Crippen LogP contribution in [0.15, 0.2) is 18.2 Å². The Morgan fingerprint density at radius 1 is 1.33 bits per heavy atom. The Balaban J connectivity index is 1.44. The van der Waals surface area contributed by atoms with E-state index in [9.17, 15) is 13.6 Å². The van der Waals surface area contributed by atoms with Gasteiger partial charge in [0, 0.05) is 36.6 Å². The minimum Gasteiger partial charge on any atom is -0.380 e. The Morgan fingerprint density at radius 3 is 2.92 bits per heavy atom. The summed E-state index contributed by atoms with van der Waals surface area (Å²) < 4.78 is 38.0. The molecular weight excluding hydrogens is 316 g/mol. The fraction of sp³-hybridized carbons (Fsp3) is 0.611. The van der Waals surface area contributed by atoms with Gasteiger partial charge in [-0.2, -0.15) is 0 Å². The first-order chi connectivity index (χ1) is 11.6. The number of hydrogen-bond acceptors (Lipinski definition) is 3. The van der Waals surface area contributed by atoms with Crippen molar-refractivity contribution < 1.29 is 23.0 Å². The van der Waals surface area contributed by atoms with Crippen LogP contribution in [0.4, 0.5) is 8.78 Å². The zero-order chi connectivity index (χ0) is 16.7. The van der Waals surface area contributed by atoms with Crippen LogP contribution in [0.2, 0.25) is 0 Å². The van der Waals surface area contributed by atoms with Gasteiger partial charge in [-0.15, -0.1) is 0 Å². The number of rotatable bonds is 5. The zero-order valence-corrected chi connectivity index (χ0v) is 13.5. The van der Waals surface area contributed by atoms with Crippen molar-refractivity contribution in [2.24, 2.45) is 17.3 Å². The predicted octanol–water partition coefficient (Wildman–Crippen LogP) is 2.48. The molecule has 0 spiro atoms. The van der Waals surface area contributed by atoms with Gasteiger partial charge in [-0.1, -0.05) is 0 Å². The molecule has 2 atom stereocenters. The van der Waals surface area contributed by atoms with E-state index in [0.717, 1.165) is 18.7 Å². The molecule has 1 saturated carbocycles. The van der Waals surface area contributed by atoms with Crippen molar-refractivity contribution >= 4 is 5.91 Å². The van der Waals surface area contributed by atoms with Crippen LogP contribution in [-0.4, -0.2) is 50.3 Å². The SMILES string of the molecule is O=C(c1ccc(F)c(F)c1)N1C[C@@H]2COC[C@]2(COCC2CC2)C1. The molecular formula is C18H21F2NO3. The summed E-state index contributed by atoms with van der Waals surface area (Å²) >= 11 is 0. The van der Waals surface area contributed by atoms with E-state index >= 15 is 0 Å². The third kappa shape index (κ3) is 2.93. The molecule has 1 aromatic carbocycles. The van der Waals surface area contributed by atoms with Crippen LogP contribution in [0, 0.1) is 28.9 Å². The number of likely N-dealkylation sites (tertiary alicyclic amines) is 1. The summed E-state index contributed by atoms with van der Waals surface area (Å²) in [6.45, 7) is 3.70. The lowest BCUT2D eigenvalue weighted by Crippen LogP contribution is -2.37. The zero-order valence-electron chi connectivity index (χ0n) is 13.5. The maximum Gasteiger partial charge on any atom is 0.253 e. The lowest BCUT2D eigenvalue weighted by molar-refractivity contribution is 0.0223. The summed E-state index contributed by atoms with van der Waals surface area (Å²) in [5.41, 5.74) is 0.0205. The first-order valence-corrected chi connectivity index (χ1v) is 8.47. The summed E-state index contributed by atoms with van der Waals surface area (Å²) in [6, 6.07) is 3.30. The highest BCUT2D eigenvalue weighted by molar-refractivity contribution is 5.94. The molecule has 0 unspecified atom stereocenters. The Labute approximate surface area is 139 Å². The second-order valence-electron chi connectivity index (χ2n) is 7.35. The molecule has 2 heterocycles. The molecule has 24 heavy (non-hydrogen) atoms. The third-order valence-electron chi connectivity index (χ3n) is 5.41. The molecule has 3 fully saturated rings. The molecule has 2 aliphatic heterocycles. The Morgan fingerprint density at radius 2 is 2.17 bits per heavy atom. The quantitative estimate of drug-likeness (QED) is 0.829. The fourth-order valence-electron chi connectivity index (χ4n) is 3.72. The summed E-state index contributed by atoms with van der Waals surface area (Å²) in [4.78, 5) is 14.4. The average Bonchev–Trinajstić information content (AvgIpc) is 3.19. The van der Waals surface area contributed by atoms with Crippen molar-refractivity contribution in [1.82, 2.24) is 4.90 Å². The van der Waals surface area contributed by atoms with Crippen molar-refractivity contribution in [3.8, 4) is 0 Å². The van der Waals surface area contributed by atoms with Gasteiger partial charge in [0.15, 0.2) is 11.6 Å². The van der Waals surface area contributed by atoms with E-state index in [1.54, 1.807) is 4.90 Å². The van der Waals surface area contributed by atoms with Gasteiger partial charge in [0.05, 0.1) is 19.8 Å². The van der Waals surface area contributed by atoms with Crippen molar-refractivity contribution in [3.05, 3.63) is 35.4 Å². The summed E-state index contributed by atoms with van der Waals surface area (Å²) in [7, 11) is 0. The Bertz CT molecular complexity index is 649. The smallest absolute Gasteiger partial charge is 0.253 e. The highest BCUT2D eigenvalue weighted by atomic mass is 19.2. The van der Waals surface area contributed by atoms with Crippen molar-refractivity contribution in [2.75, 3.05) is 39.5 Å². The second kappa shape index (κ2) is 6.08. The fourth-order valence-corrected chi connectivity index (χ4v) is 3.72. The van der Waals surface area contributed by atoms with Crippen LogP contribution >= 0.6 is 0 Å². The van der Waals surface area contributed by atoms with Gasteiger partial charge >= 0.3 is 0 Å². The first kappa shape index (κ1) is 16.0. The highest BCUT2D eigenvalue weighted by Gasteiger charge is 2.52. The van der Waals surface area contributed by atoms with E-state index in [1.807, 2.05) is 0 Å². The number of halogens is 2. The first-order valence-electron chi connectivity index (χ1n) is 8.47. The van der Waals surface area contributed by atoms with Crippen LogP contribution in [-0.2, 0) is 9.47 Å². The molecule has 6 heteroatoms. The minimum absolute atomic E-state index is 0.164. The molecule has 4 nitrogen and oxygen atoms in total. The van der Waals surface area contributed by atoms with Crippen molar-refractivity contribution in [1.29, 1.82) is 0 Å². The second-order valence-corrected chi connectivity index (χ2v) is 7.35. The van der Waals surface area contributed by atoms with E-state index in [4.69, 9.17) is 9.47 Å². The van der Waals surface area contributed by atoms with Gasteiger partial charge in [0.2, 0.25) is 0 Å². The molecule has 3 aliphatic rings. The number of carbonyl (C=O) groups excluding carboxylic acids is 1. The maximum absolute atomic E-state index is 13.4. The molecule has 0 bridgehead atoms. The van der Waals surface area contributed by atoms with E-state index in [1.165, 1.54) is 18.9 Å².